The Labute approximate surface area is 117 Å². The third-order valence-corrected chi connectivity index (χ3v) is 3.71. The minimum Gasteiger partial charge on any atom is -0.497 e. The molecular weight excluding hydrogens is 258 g/mol. The van der Waals surface area contributed by atoms with Crippen LogP contribution in [0, 0.1) is 5.41 Å². The normalized spacial score (nSPS) is 21.9. The SMILES string of the molecule is C=CC1(C(=O)O)CCN(Cc2ccc(OC)cc2)C1=O. The van der Waals surface area contributed by atoms with Crippen LogP contribution in [-0.4, -0.2) is 35.5 Å². The molecule has 0 bridgehead atoms. The summed E-state index contributed by atoms with van der Waals surface area (Å²) in [5, 5.41) is 9.25. The second-order valence-electron chi connectivity index (χ2n) is 4.81. The van der Waals surface area contributed by atoms with E-state index in [1.54, 1.807) is 12.0 Å². The molecule has 0 radical (unpaired) electrons. The number of carbonyl (C=O) groups is 2. The van der Waals surface area contributed by atoms with Crippen molar-refractivity contribution in [2.75, 3.05) is 13.7 Å². The zero-order valence-corrected chi connectivity index (χ0v) is 11.3. The van der Waals surface area contributed by atoms with Gasteiger partial charge in [-0.25, -0.2) is 0 Å². The lowest BCUT2D eigenvalue weighted by atomic mass is 9.87. The minimum atomic E-state index is -1.47. The van der Waals surface area contributed by atoms with Crippen LogP contribution < -0.4 is 4.74 Å². The number of hydrogen-bond donors (Lipinski definition) is 1. The monoisotopic (exact) mass is 275 g/mol. The van der Waals surface area contributed by atoms with E-state index < -0.39 is 17.3 Å². The van der Waals surface area contributed by atoms with Gasteiger partial charge < -0.3 is 14.7 Å². The molecule has 1 heterocycles. The Morgan fingerprint density at radius 3 is 2.60 bits per heavy atom. The van der Waals surface area contributed by atoms with Gasteiger partial charge in [-0.2, -0.15) is 0 Å². The van der Waals surface area contributed by atoms with Crippen molar-refractivity contribution in [2.24, 2.45) is 5.41 Å². The van der Waals surface area contributed by atoms with Crippen molar-refractivity contribution in [1.82, 2.24) is 4.90 Å². The number of hydrogen-bond acceptors (Lipinski definition) is 3. The van der Waals surface area contributed by atoms with Crippen molar-refractivity contribution >= 4 is 11.9 Å². The predicted molar refractivity (Wildman–Crippen MR) is 73.3 cm³/mol. The van der Waals surface area contributed by atoms with Gasteiger partial charge in [-0.3, -0.25) is 9.59 Å². The maximum atomic E-state index is 12.3. The Hall–Kier alpha value is -2.30. The fraction of sp³-hybridized carbons (Fsp3) is 0.333. The highest BCUT2D eigenvalue weighted by atomic mass is 16.5. The number of carboxylic acid groups (broad SMARTS) is 1. The van der Waals surface area contributed by atoms with E-state index in [0.717, 1.165) is 11.3 Å². The number of ether oxygens (including phenoxy) is 1. The van der Waals surface area contributed by atoms with Gasteiger partial charge in [0.05, 0.1) is 7.11 Å². The molecule has 1 aliphatic heterocycles. The third-order valence-electron chi connectivity index (χ3n) is 3.71. The van der Waals surface area contributed by atoms with E-state index in [-0.39, 0.29) is 6.42 Å². The molecule has 1 aliphatic rings. The minimum absolute atomic E-state index is 0.265. The number of carboxylic acids is 1. The summed E-state index contributed by atoms with van der Waals surface area (Å²) in [6.07, 6.45) is 1.51. The van der Waals surface area contributed by atoms with Gasteiger partial charge in [0.2, 0.25) is 5.91 Å². The van der Waals surface area contributed by atoms with Crippen molar-refractivity contribution in [3.05, 3.63) is 42.5 Å². The molecule has 1 N–H and O–H groups in total. The van der Waals surface area contributed by atoms with Gasteiger partial charge in [-0.1, -0.05) is 18.2 Å². The first-order valence-electron chi connectivity index (χ1n) is 6.33. The van der Waals surface area contributed by atoms with Crippen molar-refractivity contribution in [1.29, 1.82) is 0 Å². The summed E-state index contributed by atoms with van der Waals surface area (Å²) in [4.78, 5) is 25.1. The first-order chi connectivity index (χ1) is 9.53. The number of benzene rings is 1. The van der Waals surface area contributed by atoms with E-state index in [2.05, 4.69) is 6.58 Å². The summed E-state index contributed by atoms with van der Waals surface area (Å²) >= 11 is 0. The summed E-state index contributed by atoms with van der Waals surface area (Å²) in [5.41, 5.74) is -0.531. The predicted octanol–water partition coefficient (Wildman–Crippen LogP) is 1.68. The largest absolute Gasteiger partial charge is 0.497 e. The molecule has 106 valence electrons. The third kappa shape index (κ3) is 2.27. The van der Waals surface area contributed by atoms with Gasteiger partial charge in [0.25, 0.3) is 0 Å². The molecular formula is C15H17NO4. The van der Waals surface area contributed by atoms with Crippen molar-refractivity contribution < 1.29 is 19.4 Å². The molecule has 1 unspecified atom stereocenters. The van der Waals surface area contributed by atoms with E-state index in [9.17, 15) is 14.7 Å². The number of rotatable bonds is 5. The highest BCUT2D eigenvalue weighted by molar-refractivity contribution is 6.05. The molecule has 1 aromatic rings. The molecule has 20 heavy (non-hydrogen) atoms. The quantitative estimate of drug-likeness (QED) is 0.656. The average Bonchev–Trinajstić information content (AvgIpc) is 2.78. The smallest absolute Gasteiger partial charge is 0.323 e. The summed E-state index contributed by atoms with van der Waals surface area (Å²) in [7, 11) is 1.59. The highest BCUT2D eigenvalue weighted by Crippen LogP contribution is 2.34. The molecule has 1 aromatic carbocycles. The summed E-state index contributed by atoms with van der Waals surface area (Å²) < 4.78 is 5.07. The maximum Gasteiger partial charge on any atom is 0.323 e. The first-order valence-corrected chi connectivity index (χ1v) is 6.33. The molecule has 2 rings (SSSR count). The fourth-order valence-corrected chi connectivity index (χ4v) is 2.38. The molecule has 1 saturated heterocycles. The van der Waals surface area contributed by atoms with Crippen LogP contribution in [0.5, 0.6) is 5.75 Å². The van der Waals surface area contributed by atoms with Gasteiger partial charge in [0.1, 0.15) is 5.75 Å². The molecule has 5 heteroatoms. The van der Waals surface area contributed by atoms with Crippen LogP contribution in [0.3, 0.4) is 0 Å². The van der Waals surface area contributed by atoms with Crippen LogP contribution in [0.1, 0.15) is 12.0 Å². The summed E-state index contributed by atoms with van der Waals surface area (Å²) in [5.74, 6) is -0.780. The first kappa shape index (κ1) is 14.1. The van der Waals surface area contributed by atoms with Crippen molar-refractivity contribution in [2.45, 2.75) is 13.0 Å². The fourth-order valence-electron chi connectivity index (χ4n) is 2.38. The Bertz CT molecular complexity index is 537. The zero-order chi connectivity index (χ0) is 14.8. The van der Waals surface area contributed by atoms with E-state index >= 15 is 0 Å². The Morgan fingerprint density at radius 2 is 2.15 bits per heavy atom. The van der Waals surface area contributed by atoms with Gasteiger partial charge >= 0.3 is 5.97 Å². The summed E-state index contributed by atoms with van der Waals surface area (Å²) in [6, 6.07) is 7.35. The Balaban J connectivity index is 2.13. The van der Waals surface area contributed by atoms with Crippen molar-refractivity contribution in [3.63, 3.8) is 0 Å². The number of aliphatic carboxylic acids is 1. The van der Waals surface area contributed by atoms with Crippen LogP contribution in [-0.2, 0) is 16.1 Å². The van der Waals surface area contributed by atoms with Gasteiger partial charge in [-0.15, -0.1) is 6.58 Å². The molecule has 1 atom stereocenters. The van der Waals surface area contributed by atoms with E-state index in [1.165, 1.54) is 6.08 Å². The van der Waals surface area contributed by atoms with Gasteiger partial charge in [-0.05, 0) is 24.1 Å². The average molecular weight is 275 g/mol. The number of carbonyl (C=O) groups excluding carboxylic acids is 1. The molecule has 5 nitrogen and oxygen atoms in total. The zero-order valence-electron chi connectivity index (χ0n) is 11.3. The number of amides is 1. The Morgan fingerprint density at radius 1 is 1.50 bits per heavy atom. The molecule has 0 saturated carbocycles. The van der Waals surface area contributed by atoms with Crippen LogP contribution in [0.15, 0.2) is 36.9 Å². The number of likely N-dealkylation sites (tertiary alicyclic amines) is 1. The van der Waals surface area contributed by atoms with Crippen molar-refractivity contribution in [3.8, 4) is 5.75 Å². The van der Waals surface area contributed by atoms with Gasteiger partial charge in [0, 0.05) is 13.1 Å². The van der Waals surface area contributed by atoms with Gasteiger partial charge in [0.15, 0.2) is 5.41 Å². The van der Waals surface area contributed by atoms with Crippen LogP contribution in [0.25, 0.3) is 0 Å². The van der Waals surface area contributed by atoms with E-state index in [4.69, 9.17) is 4.74 Å². The second-order valence-corrected chi connectivity index (χ2v) is 4.81. The van der Waals surface area contributed by atoms with Crippen LogP contribution in [0.2, 0.25) is 0 Å². The lowest BCUT2D eigenvalue weighted by Gasteiger charge is -2.20. The molecule has 0 spiro atoms. The molecule has 0 aromatic heterocycles. The Kier molecular flexibility index (Phi) is 3.79. The standard InChI is InChI=1S/C15H17NO4/c1-3-15(14(18)19)8-9-16(13(15)17)10-11-4-6-12(20-2)7-5-11/h3-7H,1,8-10H2,2H3,(H,18,19). The number of methoxy groups -OCH3 is 1. The highest BCUT2D eigenvalue weighted by Gasteiger charge is 2.50. The lowest BCUT2D eigenvalue weighted by molar-refractivity contribution is -0.152. The summed E-state index contributed by atoms with van der Waals surface area (Å²) in [6.45, 7) is 4.32. The molecule has 0 aliphatic carbocycles. The topological polar surface area (TPSA) is 66.8 Å². The number of nitrogens with zero attached hydrogens (tertiary/aromatic N) is 1. The lowest BCUT2D eigenvalue weighted by Crippen LogP contribution is -2.38. The van der Waals surface area contributed by atoms with E-state index in [1.807, 2.05) is 24.3 Å². The molecule has 1 fully saturated rings. The van der Waals surface area contributed by atoms with Crippen LogP contribution in [0.4, 0.5) is 0 Å². The second kappa shape index (κ2) is 5.36. The van der Waals surface area contributed by atoms with E-state index in [0.29, 0.717) is 13.1 Å². The maximum absolute atomic E-state index is 12.3. The molecule has 1 amide bonds. The van der Waals surface area contributed by atoms with Crippen LogP contribution >= 0.6 is 0 Å².